The van der Waals surface area contributed by atoms with Crippen LogP contribution in [-0.4, -0.2) is 20.6 Å². The standard InChI is InChI=1S/C18H24N2/c1-15-6-4-5-7-18(15)20(3)14-17-10-8-16(9-11-17)12-13-19-2/h4-11,19H,12-14H2,1-3H3. The first-order chi connectivity index (χ1) is 9.70. The third-order valence-corrected chi connectivity index (χ3v) is 3.63. The SMILES string of the molecule is CNCCc1ccc(CN(C)c2ccccc2C)cc1. The van der Waals surface area contributed by atoms with Crippen molar-refractivity contribution in [2.24, 2.45) is 0 Å². The minimum Gasteiger partial charge on any atom is -0.370 e. The largest absolute Gasteiger partial charge is 0.370 e. The number of aryl methyl sites for hydroxylation is 1. The lowest BCUT2D eigenvalue weighted by Gasteiger charge is -2.21. The average Bonchev–Trinajstić information content (AvgIpc) is 2.47. The maximum atomic E-state index is 3.18. The Morgan fingerprint density at radius 2 is 1.60 bits per heavy atom. The first kappa shape index (κ1) is 14.6. The second kappa shape index (κ2) is 7.11. The lowest BCUT2D eigenvalue weighted by molar-refractivity contribution is 0.791. The van der Waals surface area contributed by atoms with Crippen molar-refractivity contribution in [3.05, 3.63) is 65.2 Å². The molecule has 0 aliphatic rings. The third-order valence-electron chi connectivity index (χ3n) is 3.63. The van der Waals surface area contributed by atoms with Crippen LogP contribution in [0, 0.1) is 6.92 Å². The van der Waals surface area contributed by atoms with Crippen LogP contribution in [-0.2, 0) is 13.0 Å². The number of rotatable bonds is 6. The van der Waals surface area contributed by atoms with E-state index in [0.717, 1.165) is 19.5 Å². The fourth-order valence-electron chi connectivity index (χ4n) is 2.43. The van der Waals surface area contributed by atoms with Crippen molar-refractivity contribution in [3.8, 4) is 0 Å². The highest BCUT2D eigenvalue weighted by atomic mass is 15.1. The fraction of sp³-hybridized carbons (Fsp3) is 0.333. The summed E-state index contributed by atoms with van der Waals surface area (Å²) >= 11 is 0. The second-order valence-electron chi connectivity index (χ2n) is 5.31. The quantitative estimate of drug-likeness (QED) is 0.864. The highest BCUT2D eigenvalue weighted by Gasteiger charge is 2.04. The van der Waals surface area contributed by atoms with Gasteiger partial charge >= 0.3 is 0 Å². The topological polar surface area (TPSA) is 15.3 Å². The molecule has 0 radical (unpaired) electrons. The van der Waals surface area contributed by atoms with E-state index in [1.165, 1.54) is 22.4 Å². The van der Waals surface area contributed by atoms with Gasteiger partial charge < -0.3 is 10.2 Å². The zero-order chi connectivity index (χ0) is 14.4. The number of benzene rings is 2. The summed E-state index contributed by atoms with van der Waals surface area (Å²) in [7, 11) is 4.14. The van der Waals surface area contributed by atoms with E-state index < -0.39 is 0 Å². The molecule has 2 rings (SSSR count). The predicted octanol–water partition coefficient (Wildman–Crippen LogP) is 3.39. The van der Waals surface area contributed by atoms with E-state index in [-0.39, 0.29) is 0 Å². The summed E-state index contributed by atoms with van der Waals surface area (Å²) in [5.74, 6) is 0. The summed E-state index contributed by atoms with van der Waals surface area (Å²) in [4.78, 5) is 2.30. The van der Waals surface area contributed by atoms with Crippen LogP contribution in [0.25, 0.3) is 0 Å². The van der Waals surface area contributed by atoms with Crippen molar-refractivity contribution in [1.82, 2.24) is 5.32 Å². The van der Waals surface area contributed by atoms with Crippen LogP contribution >= 0.6 is 0 Å². The highest BCUT2D eigenvalue weighted by molar-refractivity contribution is 5.52. The van der Waals surface area contributed by atoms with E-state index >= 15 is 0 Å². The summed E-state index contributed by atoms with van der Waals surface area (Å²) in [5.41, 5.74) is 5.36. The maximum absolute atomic E-state index is 3.18. The van der Waals surface area contributed by atoms with Gasteiger partial charge in [0, 0.05) is 19.3 Å². The Morgan fingerprint density at radius 1 is 0.950 bits per heavy atom. The molecule has 0 aliphatic heterocycles. The molecule has 2 aromatic rings. The molecule has 0 saturated heterocycles. The van der Waals surface area contributed by atoms with Gasteiger partial charge in [-0.1, -0.05) is 42.5 Å². The molecule has 0 saturated carbocycles. The van der Waals surface area contributed by atoms with E-state index in [1.54, 1.807) is 0 Å². The van der Waals surface area contributed by atoms with Crippen LogP contribution < -0.4 is 10.2 Å². The zero-order valence-corrected chi connectivity index (χ0v) is 12.7. The van der Waals surface area contributed by atoms with Crippen molar-refractivity contribution in [3.63, 3.8) is 0 Å². The van der Waals surface area contributed by atoms with Gasteiger partial charge in [0.05, 0.1) is 0 Å². The maximum Gasteiger partial charge on any atom is 0.0426 e. The van der Waals surface area contributed by atoms with Gasteiger partial charge in [-0.3, -0.25) is 0 Å². The number of anilines is 1. The van der Waals surface area contributed by atoms with Gasteiger partial charge in [0.15, 0.2) is 0 Å². The first-order valence-corrected chi connectivity index (χ1v) is 7.20. The van der Waals surface area contributed by atoms with E-state index in [9.17, 15) is 0 Å². The number of nitrogens with one attached hydrogen (secondary N) is 1. The molecule has 0 aromatic heterocycles. The number of hydrogen-bond acceptors (Lipinski definition) is 2. The Kier molecular flexibility index (Phi) is 5.19. The van der Waals surface area contributed by atoms with E-state index in [1.807, 2.05) is 7.05 Å². The summed E-state index contributed by atoms with van der Waals surface area (Å²) in [6.45, 7) is 4.13. The second-order valence-corrected chi connectivity index (χ2v) is 5.31. The Balaban J connectivity index is 2.01. The molecule has 2 aromatic carbocycles. The molecule has 0 aliphatic carbocycles. The molecule has 0 unspecified atom stereocenters. The normalized spacial score (nSPS) is 10.6. The van der Waals surface area contributed by atoms with Crippen LogP contribution in [0.1, 0.15) is 16.7 Å². The zero-order valence-electron chi connectivity index (χ0n) is 12.7. The average molecular weight is 268 g/mol. The molecule has 0 atom stereocenters. The van der Waals surface area contributed by atoms with Crippen molar-refractivity contribution in [2.45, 2.75) is 19.9 Å². The first-order valence-electron chi connectivity index (χ1n) is 7.20. The van der Waals surface area contributed by atoms with Gasteiger partial charge in [-0.05, 0) is 49.7 Å². The lowest BCUT2D eigenvalue weighted by Crippen LogP contribution is -2.17. The molecule has 0 spiro atoms. The summed E-state index contributed by atoms with van der Waals surface area (Å²) in [6.07, 6.45) is 1.09. The number of likely N-dealkylation sites (N-methyl/N-ethyl adjacent to an activating group) is 1. The van der Waals surface area contributed by atoms with Crippen LogP contribution in [0.2, 0.25) is 0 Å². The molecule has 0 amide bonds. The fourth-order valence-corrected chi connectivity index (χ4v) is 2.43. The van der Waals surface area contributed by atoms with Crippen molar-refractivity contribution in [1.29, 1.82) is 0 Å². The van der Waals surface area contributed by atoms with Crippen molar-refractivity contribution < 1.29 is 0 Å². The van der Waals surface area contributed by atoms with Gasteiger partial charge in [0.25, 0.3) is 0 Å². The Hall–Kier alpha value is -1.80. The van der Waals surface area contributed by atoms with Gasteiger partial charge in [0.1, 0.15) is 0 Å². The monoisotopic (exact) mass is 268 g/mol. The van der Waals surface area contributed by atoms with Gasteiger partial charge in [-0.15, -0.1) is 0 Å². The van der Waals surface area contributed by atoms with Crippen LogP contribution in [0.5, 0.6) is 0 Å². The summed E-state index contributed by atoms with van der Waals surface area (Å²) in [6, 6.07) is 17.5. The minimum atomic E-state index is 0.942. The van der Waals surface area contributed by atoms with E-state index in [4.69, 9.17) is 0 Å². The highest BCUT2D eigenvalue weighted by Crippen LogP contribution is 2.20. The molecular weight excluding hydrogens is 244 g/mol. The Labute approximate surface area is 122 Å². The molecule has 0 fully saturated rings. The third kappa shape index (κ3) is 3.84. The number of para-hydroxylation sites is 1. The minimum absolute atomic E-state index is 0.942. The van der Waals surface area contributed by atoms with Gasteiger partial charge in [-0.2, -0.15) is 0 Å². The lowest BCUT2D eigenvalue weighted by atomic mass is 10.1. The van der Waals surface area contributed by atoms with Gasteiger partial charge in [0.2, 0.25) is 0 Å². The molecule has 0 heterocycles. The summed E-state index contributed by atoms with van der Waals surface area (Å²) in [5, 5.41) is 3.18. The predicted molar refractivity (Wildman–Crippen MR) is 87.4 cm³/mol. The Bertz CT molecular complexity index is 531. The van der Waals surface area contributed by atoms with E-state index in [2.05, 4.69) is 72.7 Å². The van der Waals surface area contributed by atoms with Crippen LogP contribution in [0.15, 0.2) is 48.5 Å². The Morgan fingerprint density at radius 3 is 2.25 bits per heavy atom. The molecule has 20 heavy (non-hydrogen) atoms. The molecular formula is C18H24N2. The van der Waals surface area contributed by atoms with E-state index in [0.29, 0.717) is 0 Å². The smallest absolute Gasteiger partial charge is 0.0426 e. The number of nitrogens with zero attached hydrogens (tertiary/aromatic N) is 1. The molecule has 106 valence electrons. The molecule has 2 heteroatoms. The molecule has 1 N–H and O–H groups in total. The summed E-state index contributed by atoms with van der Waals surface area (Å²) < 4.78 is 0. The van der Waals surface area contributed by atoms with Crippen LogP contribution in [0.4, 0.5) is 5.69 Å². The van der Waals surface area contributed by atoms with Crippen molar-refractivity contribution in [2.75, 3.05) is 25.5 Å². The van der Waals surface area contributed by atoms with Crippen LogP contribution in [0.3, 0.4) is 0 Å². The molecule has 2 nitrogen and oxygen atoms in total. The molecule has 0 bridgehead atoms. The number of hydrogen-bond donors (Lipinski definition) is 1. The van der Waals surface area contributed by atoms with Crippen molar-refractivity contribution >= 4 is 5.69 Å². The van der Waals surface area contributed by atoms with Gasteiger partial charge in [-0.25, -0.2) is 0 Å².